The maximum Gasteiger partial charge on any atom is 0.373 e. The van der Waals surface area contributed by atoms with Gasteiger partial charge in [-0.2, -0.15) is 13.4 Å². The zero-order valence-electron chi connectivity index (χ0n) is 13.4. The van der Waals surface area contributed by atoms with E-state index in [0.29, 0.717) is 0 Å². The van der Waals surface area contributed by atoms with E-state index in [2.05, 4.69) is 25.4 Å². The molecule has 0 aliphatic carbocycles. The third kappa shape index (κ3) is 3.25. The van der Waals surface area contributed by atoms with Crippen molar-refractivity contribution in [3.8, 4) is 5.75 Å². The Morgan fingerprint density at radius 3 is 2.59 bits per heavy atom. The lowest BCUT2D eigenvalue weighted by atomic mass is 10.2. The zero-order valence-corrected chi connectivity index (χ0v) is 14.2. The van der Waals surface area contributed by atoms with Gasteiger partial charge in [-0.15, -0.1) is 15.3 Å². The molecular formula is C13H10N6O7S. The van der Waals surface area contributed by atoms with Crippen molar-refractivity contribution in [2.24, 2.45) is 17.3 Å². The van der Waals surface area contributed by atoms with Crippen LogP contribution >= 0.6 is 0 Å². The van der Waals surface area contributed by atoms with Crippen LogP contribution < -0.4 is 5.56 Å². The second kappa shape index (κ2) is 6.26. The molecule has 0 fully saturated rings. The first kappa shape index (κ1) is 18.2. The molecule has 140 valence electrons. The lowest BCUT2D eigenvalue weighted by Crippen LogP contribution is -2.16. The van der Waals surface area contributed by atoms with Gasteiger partial charge in [-0.05, 0) is 18.2 Å². The highest BCUT2D eigenvalue weighted by atomic mass is 32.2. The number of hydrogen-bond donors (Lipinski definition) is 4. The predicted molar refractivity (Wildman–Crippen MR) is 88.2 cm³/mol. The molecule has 3 rings (SSSR count). The van der Waals surface area contributed by atoms with Gasteiger partial charge in [-0.1, -0.05) is 0 Å². The highest BCUT2D eigenvalue weighted by Crippen LogP contribution is 2.33. The molecule has 4 N–H and O–H groups in total. The first-order valence-corrected chi connectivity index (χ1v) is 8.44. The van der Waals surface area contributed by atoms with Crippen LogP contribution in [0.2, 0.25) is 0 Å². The standard InChI is InChI=1S/C13H10N6O7S/c1-19-7-3-2-5(27(24,25)26)4-6(7)9(20)8(11(19)21)15-17-13-14-10(12(22)23)16-18-13/h2-4,20H,1H3,(H,22,23)(H,14,16,18)(H,24,25,26). The highest BCUT2D eigenvalue weighted by Gasteiger charge is 2.18. The van der Waals surface area contributed by atoms with Gasteiger partial charge in [0.15, 0.2) is 11.4 Å². The summed E-state index contributed by atoms with van der Waals surface area (Å²) in [5.41, 5.74) is -1.15. The minimum Gasteiger partial charge on any atom is -0.505 e. The van der Waals surface area contributed by atoms with E-state index in [1.54, 1.807) is 0 Å². The quantitative estimate of drug-likeness (QED) is 0.363. The van der Waals surface area contributed by atoms with Crippen molar-refractivity contribution in [3.05, 3.63) is 34.4 Å². The number of rotatable bonds is 4. The summed E-state index contributed by atoms with van der Waals surface area (Å²) in [6.07, 6.45) is 0. The molecule has 0 radical (unpaired) electrons. The Morgan fingerprint density at radius 1 is 1.30 bits per heavy atom. The van der Waals surface area contributed by atoms with Crippen molar-refractivity contribution >= 4 is 38.6 Å². The fourth-order valence-corrected chi connectivity index (χ4v) is 2.74. The van der Waals surface area contributed by atoms with E-state index >= 15 is 0 Å². The molecule has 0 atom stereocenters. The summed E-state index contributed by atoms with van der Waals surface area (Å²) in [4.78, 5) is 26.1. The van der Waals surface area contributed by atoms with Crippen molar-refractivity contribution in [3.63, 3.8) is 0 Å². The van der Waals surface area contributed by atoms with Gasteiger partial charge >= 0.3 is 5.97 Å². The van der Waals surface area contributed by atoms with Crippen molar-refractivity contribution in [1.82, 2.24) is 19.7 Å². The largest absolute Gasteiger partial charge is 0.505 e. The number of hydrogen-bond acceptors (Lipinski definition) is 9. The normalized spacial score (nSPS) is 12.1. The molecule has 3 aromatic rings. The van der Waals surface area contributed by atoms with Gasteiger partial charge in [0.1, 0.15) is 0 Å². The number of H-pyrrole nitrogens is 1. The van der Waals surface area contributed by atoms with Crippen LogP contribution in [0.5, 0.6) is 5.75 Å². The molecule has 2 aromatic heterocycles. The van der Waals surface area contributed by atoms with Crippen molar-refractivity contribution in [2.45, 2.75) is 4.90 Å². The summed E-state index contributed by atoms with van der Waals surface area (Å²) in [6, 6.07) is 3.27. The van der Waals surface area contributed by atoms with Gasteiger partial charge in [0, 0.05) is 12.4 Å². The van der Waals surface area contributed by atoms with Gasteiger partial charge in [0.2, 0.25) is 5.82 Å². The van der Waals surface area contributed by atoms with Gasteiger partial charge in [-0.3, -0.25) is 14.4 Å². The van der Waals surface area contributed by atoms with E-state index in [4.69, 9.17) is 9.66 Å². The minimum absolute atomic E-state index is 0.0811. The highest BCUT2D eigenvalue weighted by molar-refractivity contribution is 7.85. The van der Waals surface area contributed by atoms with Crippen molar-refractivity contribution in [1.29, 1.82) is 0 Å². The Morgan fingerprint density at radius 2 is 2.00 bits per heavy atom. The Labute approximate surface area is 149 Å². The number of azo groups is 1. The van der Waals surface area contributed by atoms with Crippen LogP contribution in [0.3, 0.4) is 0 Å². The van der Waals surface area contributed by atoms with Crippen LogP contribution in [-0.2, 0) is 17.2 Å². The number of pyridine rings is 1. The molecule has 0 saturated heterocycles. The van der Waals surface area contributed by atoms with Crippen LogP contribution in [0.1, 0.15) is 10.6 Å². The molecule has 27 heavy (non-hydrogen) atoms. The van der Waals surface area contributed by atoms with Crippen molar-refractivity contribution < 1.29 is 28.0 Å². The molecule has 13 nitrogen and oxygen atoms in total. The molecule has 0 saturated carbocycles. The second-order valence-corrected chi connectivity index (χ2v) is 6.63. The Kier molecular flexibility index (Phi) is 4.21. The number of aromatic amines is 1. The number of nitrogens with zero attached hydrogens (tertiary/aromatic N) is 5. The number of aryl methyl sites for hydroxylation is 1. The molecule has 0 amide bonds. The van der Waals surface area contributed by atoms with Gasteiger partial charge in [0.05, 0.1) is 10.4 Å². The maximum absolute atomic E-state index is 12.4. The lowest BCUT2D eigenvalue weighted by molar-refractivity contribution is 0.0684. The average Bonchev–Trinajstić information content (AvgIpc) is 3.08. The second-order valence-electron chi connectivity index (χ2n) is 5.20. The smallest absolute Gasteiger partial charge is 0.373 e. The fourth-order valence-electron chi connectivity index (χ4n) is 2.23. The van der Waals surface area contributed by atoms with Gasteiger partial charge in [-0.25, -0.2) is 4.79 Å². The number of carbonyl (C=O) groups is 1. The predicted octanol–water partition coefficient (Wildman–Crippen LogP) is 0.722. The summed E-state index contributed by atoms with van der Waals surface area (Å²) in [7, 11) is -3.19. The summed E-state index contributed by atoms with van der Waals surface area (Å²) in [6.45, 7) is 0. The van der Waals surface area contributed by atoms with Crippen LogP contribution in [0.25, 0.3) is 10.9 Å². The molecule has 1 aromatic carbocycles. The fraction of sp³-hybridized carbons (Fsp3) is 0.0769. The summed E-state index contributed by atoms with van der Waals surface area (Å²) in [5.74, 6) is -2.97. The third-order valence-electron chi connectivity index (χ3n) is 3.53. The molecule has 0 aliphatic rings. The van der Waals surface area contributed by atoms with Crippen LogP contribution in [0.4, 0.5) is 11.6 Å². The SMILES string of the molecule is Cn1c(=O)c(N=Nc2n[nH]c(C(=O)O)n2)c(O)c2cc(S(=O)(=O)O)ccc21. The number of carboxylic acid groups (broad SMARTS) is 1. The van der Waals surface area contributed by atoms with E-state index in [0.717, 1.165) is 16.7 Å². The summed E-state index contributed by atoms with van der Waals surface area (Å²) < 4.78 is 32.8. The minimum atomic E-state index is -4.54. The Bertz CT molecular complexity index is 1270. The van der Waals surface area contributed by atoms with E-state index in [1.165, 1.54) is 13.1 Å². The van der Waals surface area contributed by atoms with E-state index < -0.39 is 49.8 Å². The molecule has 0 aliphatic heterocycles. The van der Waals surface area contributed by atoms with Gasteiger partial charge in [0.25, 0.3) is 21.6 Å². The van der Waals surface area contributed by atoms with Crippen LogP contribution in [0, 0.1) is 0 Å². The zero-order chi connectivity index (χ0) is 19.9. The Balaban J connectivity index is 2.18. The number of benzene rings is 1. The van der Waals surface area contributed by atoms with E-state index in [-0.39, 0.29) is 10.9 Å². The molecular weight excluding hydrogens is 384 g/mol. The molecule has 14 heteroatoms. The number of nitrogens with one attached hydrogen (secondary N) is 1. The first-order chi connectivity index (χ1) is 12.6. The maximum atomic E-state index is 12.4. The number of aromatic hydroxyl groups is 1. The summed E-state index contributed by atoms with van der Waals surface area (Å²) in [5, 5.41) is 31.6. The number of carboxylic acids is 1. The Hall–Kier alpha value is -3.65. The first-order valence-electron chi connectivity index (χ1n) is 7.00. The topological polar surface area (TPSA) is 200 Å². The molecule has 0 spiro atoms. The number of aromatic nitrogens is 4. The molecule has 0 unspecified atom stereocenters. The number of fused-ring (bicyclic) bond motifs is 1. The van der Waals surface area contributed by atoms with Gasteiger partial charge < -0.3 is 14.8 Å². The monoisotopic (exact) mass is 394 g/mol. The lowest BCUT2D eigenvalue weighted by Gasteiger charge is -2.09. The molecule has 2 heterocycles. The average molecular weight is 394 g/mol. The van der Waals surface area contributed by atoms with Crippen molar-refractivity contribution in [2.75, 3.05) is 0 Å². The van der Waals surface area contributed by atoms with E-state index in [1.807, 2.05) is 0 Å². The number of aromatic carboxylic acids is 1. The van der Waals surface area contributed by atoms with E-state index in [9.17, 15) is 23.1 Å². The summed E-state index contributed by atoms with van der Waals surface area (Å²) >= 11 is 0. The molecule has 0 bridgehead atoms. The van der Waals surface area contributed by atoms with Crippen LogP contribution in [-0.4, -0.2) is 48.9 Å². The van der Waals surface area contributed by atoms with Crippen LogP contribution in [0.15, 0.2) is 38.1 Å². The third-order valence-corrected chi connectivity index (χ3v) is 4.38.